The number of benzene rings is 2. The monoisotopic (exact) mass is 402 g/mol. The summed E-state index contributed by atoms with van der Waals surface area (Å²) in [4.78, 5) is 0. The van der Waals surface area contributed by atoms with Crippen molar-refractivity contribution in [3.05, 3.63) is 69.7 Å². The van der Waals surface area contributed by atoms with Gasteiger partial charge in [0.1, 0.15) is 0 Å². The van der Waals surface area contributed by atoms with E-state index in [1.165, 1.54) is 17.7 Å². The van der Waals surface area contributed by atoms with E-state index in [-0.39, 0.29) is 0 Å². The first-order valence-electron chi connectivity index (χ1n) is 6.33. The molecular formula is C16H14Br2F2. The van der Waals surface area contributed by atoms with E-state index in [0.29, 0.717) is 12.3 Å². The first-order chi connectivity index (χ1) is 9.60. The Hall–Kier alpha value is -0.740. The summed E-state index contributed by atoms with van der Waals surface area (Å²) in [6.45, 7) is 0. The van der Waals surface area contributed by atoms with E-state index in [0.717, 1.165) is 21.8 Å². The SMILES string of the molecule is Fc1ccc(CC(CBr)Cc2ccccc2Br)cc1F. The quantitative estimate of drug-likeness (QED) is 0.576. The van der Waals surface area contributed by atoms with Gasteiger partial charge >= 0.3 is 0 Å². The van der Waals surface area contributed by atoms with Gasteiger partial charge in [-0.25, -0.2) is 8.78 Å². The van der Waals surface area contributed by atoms with Crippen LogP contribution in [0.5, 0.6) is 0 Å². The molecule has 0 N–H and O–H groups in total. The predicted octanol–water partition coefficient (Wildman–Crippen LogP) is 5.52. The zero-order chi connectivity index (χ0) is 14.5. The largest absolute Gasteiger partial charge is 0.204 e. The van der Waals surface area contributed by atoms with Crippen LogP contribution in [0.2, 0.25) is 0 Å². The normalized spacial score (nSPS) is 12.4. The number of alkyl halides is 1. The maximum absolute atomic E-state index is 13.2. The molecule has 0 heterocycles. The summed E-state index contributed by atoms with van der Waals surface area (Å²) in [6.07, 6.45) is 1.59. The molecule has 0 saturated heterocycles. The second kappa shape index (κ2) is 7.32. The average molecular weight is 404 g/mol. The van der Waals surface area contributed by atoms with Crippen LogP contribution in [-0.2, 0) is 12.8 Å². The van der Waals surface area contributed by atoms with Gasteiger partial charge in [-0.1, -0.05) is 56.1 Å². The van der Waals surface area contributed by atoms with E-state index in [9.17, 15) is 8.78 Å². The third kappa shape index (κ3) is 4.13. The Morgan fingerprint density at radius 3 is 2.35 bits per heavy atom. The van der Waals surface area contributed by atoms with E-state index in [4.69, 9.17) is 0 Å². The van der Waals surface area contributed by atoms with Crippen LogP contribution in [0, 0.1) is 17.6 Å². The van der Waals surface area contributed by atoms with Gasteiger partial charge in [0.05, 0.1) is 0 Å². The lowest BCUT2D eigenvalue weighted by molar-refractivity contribution is 0.504. The Morgan fingerprint density at radius 1 is 0.950 bits per heavy atom. The van der Waals surface area contributed by atoms with Crippen molar-refractivity contribution in [2.24, 2.45) is 5.92 Å². The van der Waals surface area contributed by atoms with Crippen LogP contribution in [0.25, 0.3) is 0 Å². The lowest BCUT2D eigenvalue weighted by atomic mass is 9.94. The van der Waals surface area contributed by atoms with Gasteiger partial charge in [-0.3, -0.25) is 0 Å². The van der Waals surface area contributed by atoms with Crippen molar-refractivity contribution in [1.29, 1.82) is 0 Å². The summed E-state index contributed by atoms with van der Waals surface area (Å²) in [5.74, 6) is -1.25. The van der Waals surface area contributed by atoms with E-state index in [1.54, 1.807) is 6.07 Å². The minimum Gasteiger partial charge on any atom is -0.204 e. The average Bonchev–Trinajstić information content (AvgIpc) is 2.44. The number of rotatable bonds is 5. The Balaban J connectivity index is 2.09. The van der Waals surface area contributed by atoms with Crippen LogP contribution in [0.4, 0.5) is 8.78 Å². The summed E-state index contributed by atoms with van der Waals surface area (Å²) in [5, 5.41) is 0.813. The van der Waals surface area contributed by atoms with Crippen LogP contribution in [0.15, 0.2) is 46.9 Å². The molecule has 0 aliphatic heterocycles. The number of hydrogen-bond donors (Lipinski definition) is 0. The highest BCUT2D eigenvalue weighted by Crippen LogP contribution is 2.23. The molecule has 2 aromatic carbocycles. The van der Waals surface area contributed by atoms with Crippen LogP contribution in [0.3, 0.4) is 0 Å². The van der Waals surface area contributed by atoms with Crippen LogP contribution in [-0.4, -0.2) is 5.33 Å². The summed E-state index contributed by atoms with van der Waals surface area (Å²) < 4.78 is 27.2. The third-order valence-corrected chi connectivity index (χ3v) is 4.88. The van der Waals surface area contributed by atoms with Crippen molar-refractivity contribution in [2.75, 3.05) is 5.33 Å². The Bertz CT molecular complexity index is 584. The molecule has 0 amide bonds. The van der Waals surface area contributed by atoms with Crippen LogP contribution >= 0.6 is 31.9 Å². The van der Waals surface area contributed by atoms with Gasteiger partial charge in [0.2, 0.25) is 0 Å². The van der Waals surface area contributed by atoms with E-state index < -0.39 is 11.6 Å². The van der Waals surface area contributed by atoms with Gasteiger partial charge in [-0.2, -0.15) is 0 Å². The molecule has 0 aliphatic carbocycles. The van der Waals surface area contributed by atoms with Crippen molar-refractivity contribution in [3.8, 4) is 0 Å². The third-order valence-electron chi connectivity index (χ3n) is 3.19. The molecule has 2 rings (SSSR count). The Morgan fingerprint density at radius 2 is 1.70 bits per heavy atom. The first-order valence-corrected chi connectivity index (χ1v) is 8.25. The summed E-state index contributed by atoms with van der Waals surface area (Å²) >= 11 is 7.04. The van der Waals surface area contributed by atoms with Crippen LogP contribution < -0.4 is 0 Å². The molecule has 0 saturated carbocycles. The first kappa shape index (κ1) is 15.6. The molecule has 106 valence electrons. The highest BCUT2D eigenvalue weighted by atomic mass is 79.9. The highest BCUT2D eigenvalue weighted by Gasteiger charge is 2.12. The molecule has 4 heteroatoms. The van der Waals surface area contributed by atoms with Crippen LogP contribution in [0.1, 0.15) is 11.1 Å². The van der Waals surface area contributed by atoms with E-state index in [1.807, 2.05) is 18.2 Å². The van der Waals surface area contributed by atoms with Gasteiger partial charge in [0.25, 0.3) is 0 Å². The van der Waals surface area contributed by atoms with Crippen molar-refractivity contribution < 1.29 is 8.78 Å². The maximum atomic E-state index is 13.2. The molecule has 2 aromatic rings. The second-order valence-electron chi connectivity index (χ2n) is 4.77. The van der Waals surface area contributed by atoms with Crippen molar-refractivity contribution >= 4 is 31.9 Å². The molecule has 0 nitrogen and oxygen atoms in total. The summed E-state index contributed by atoms with van der Waals surface area (Å²) in [6, 6.07) is 12.2. The topological polar surface area (TPSA) is 0 Å². The molecule has 0 spiro atoms. The van der Waals surface area contributed by atoms with Crippen molar-refractivity contribution in [1.82, 2.24) is 0 Å². The molecule has 0 aromatic heterocycles. The number of hydrogen-bond acceptors (Lipinski definition) is 0. The molecule has 0 aliphatic rings. The minimum absolute atomic E-state index is 0.332. The smallest absolute Gasteiger partial charge is 0.159 e. The predicted molar refractivity (Wildman–Crippen MR) is 85.2 cm³/mol. The molecule has 0 bridgehead atoms. The molecule has 1 unspecified atom stereocenters. The fourth-order valence-electron chi connectivity index (χ4n) is 2.16. The molecule has 20 heavy (non-hydrogen) atoms. The van der Waals surface area contributed by atoms with Gasteiger partial charge in [-0.05, 0) is 48.1 Å². The summed E-state index contributed by atoms with van der Waals surface area (Å²) in [5.41, 5.74) is 2.04. The van der Waals surface area contributed by atoms with E-state index >= 15 is 0 Å². The van der Waals surface area contributed by atoms with Crippen molar-refractivity contribution in [2.45, 2.75) is 12.8 Å². The Labute approximate surface area is 134 Å². The standard InChI is InChI=1S/C16H14Br2F2/c17-10-12(8-13-3-1-2-4-14(13)18)7-11-5-6-15(19)16(20)9-11/h1-6,9,12H,7-8,10H2. The highest BCUT2D eigenvalue weighted by molar-refractivity contribution is 9.10. The minimum atomic E-state index is -0.796. The lowest BCUT2D eigenvalue weighted by Gasteiger charge is -2.15. The zero-order valence-corrected chi connectivity index (χ0v) is 13.9. The molecule has 0 radical (unpaired) electrons. The van der Waals surface area contributed by atoms with Gasteiger partial charge in [0, 0.05) is 9.80 Å². The Kier molecular flexibility index (Phi) is 5.73. The molecule has 0 fully saturated rings. The van der Waals surface area contributed by atoms with Gasteiger partial charge in [0.15, 0.2) is 11.6 Å². The fourth-order valence-corrected chi connectivity index (χ4v) is 3.06. The maximum Gasteiger partial charge on any atom is 0.159 e. The number of halogens is 4. The van der Waals surface area contributed by atoms with Gasteiger partial charge in [-0.15, -0.1) is 0 Å². The molecule has 1 atom stereocenters. The second-order valence-corrected chi connectivity index (χ2v) is 6.27. The van der Waals surface area contributed by atoms with E-state index in [2.05, 4.69) is 37.9 Å². The molecular weight excluding hydrogens is 390 g/mol. The lowest BCUT2D eigenvalue weighted by Crippen LogP contribution is -2.10. The van der Waals surface area contributed by atoms with Gasteiger partial charge < -0.3 is 0 Å². The zero-order valence-electron chi connectivity index (χ0n) is 10.8. The van der Waals surface area contributed by atoms with Crippen molar-refractivity contribution in [3.63, 3.8) is 0 Å². The fraction of sp³-hybridized carbons (Fsp3) is 0.250. The summed E-state index contributed by atoms with van der Waals surface area (Å²) in [7, 11) is 0.